The van der Waals surface area contributed by atoms with Crippen LogP contribution >= 0.6 is 0 Å². The number of benzene rings is 2. The highest BCUT2D eigenvalue weighted by molar-refractivity contribution is 7.90. The summed E-state index contributed by atoms with van der Waals surface area (Å²) in [6, 6.07) is 13.8. The predicted molar refractivity (Wildman–Crippen MR) is 81.4 cm³/mol. The third-order valence-electron chi connectivity index (χ3n) is 3.03. The van der Waals surface area contributed by atoms with E-state index in [9.17, 15) is 13.2 Å². The van der Waals surface area contributed by atoms with Gasteiger partial charge in [-0.1, -0.05) is 47.5 Å². The number of aryl methyl sites for hydroxylation is 2. The summed E-state index contributed by atoms with van der Waals surface area (Å²) in [5.74, 6) is -0.541. The Bertz CT molecular complexity index is 749. The molecule has 110 valence electrons. The summed E-state index contributed by atoms with van der Waals surface area (Å²) in [5.41, 5.74) is 2.77. The van der Waals surface area contributed by atoms with Crippen LogP contribution < -0.4 is 4.72 Å². The molecule has 0 aromatic heterocycles. The number of carbonyl (C=O) groups excluding carboxylic acids is 1. The van der Waals surface area contributed by atoms with Crippen molar-refractivity contribution in [2.24, 2.45) is 0 Å². The first kappa shape index (κ1) is 15.3. The molecule has 0 atom stereocenters. The van der Waals surface area contributed by atoms with E-state index in [2.05, 4.69) is 4.72 Å². The summed E-state index contributed by atoms with van der Waals surface area (Å²) < 4.78 is 26.3. The van der Waals surface area contributed by atoms with Crippen molar-refractivity contribution < 1.29 is 13.2 Å². The minimum Gasteiger partial charge on any atom is -0.274 e. The van der Waals surface area contributed by atoms with Gasteiger partial charge in [0.2, 0.25) is 5.91 Å². The van der Waals surface area contributed by atoms with E-state index in [4.69, 9.17) is 0 Å². The minimum absolute atomic E-state index is 0.0345. The molecule has 0 bridgehead atoms. The fourth-order valence-corrected chi connectivity index (χ4v) is 2.95. The molecule has 2 aromatic carbocycles. The molecule has 0 fully saturated rings. The van der Waals surface area contributed by atoms with Crippen molar-refractivity contribution >= 4 is 15.9 Å². The van der Waals surface area contributed by atoms with E-state index >= 15 is 0 Å². The van der Waals surface area contributed by atoms with Crippen LogP contribution in [0, 0.1) is 13.8 Å². The monoisotopic (exact) mass is 303 g/mol. The topological polar surface area (TPSA) is 63.2 Å². The highest BCUT2D eigenvalue weighted by Gasteiger charge is 2.17. The molecule has 1 amide bonds. The van der Waals surface area contributed by atoms with E-state index in [1.807, 2.05) is 32.0 Å². The van der Waals surface area contributed by atoms with E-state index in [-0.39, 0.29) is 11.3 Å². The smallest absolute Gasteiger partial charge is 0.264 e. The molecule has 0 spiro atoms. The van der Waals surface area contributed by atoms with E-state index in [1.165, 1.54) is 12.1 Å². The summed E-state index contributed by atoms with van der Waals surface area (Å²) in [6.45, 7) is 3.79. The molecule has 4 nitrogen and oxygen atoms in total. The summed E-state index contributed by atoms with van der Waals surface area (Å²) in [4.78, 5) is 12.0. The van der Waals surface area contributed by atoms with E-state index < -0.39 is 15.9 Å². The molecule has 2 rings (SSSR count). The van der Waals surface area contributed by atoms with Gasteiger partial charge >= 0.3 is 0 Å². The first-order chi connectivity index (χ1) is 9.87. The minimum atomic E-state index is -3.81. The van der Waals surface area contributed by atoms with Crippen LogP contribution in [0.4, 0.5) is 0 Å². The molecule has 0 saturated heterocycles. The number of nitrogens with one attached hydrogen (secondary N) is 1. The standard InChI is InChI=1S/C16H17NO3S/c1-12-6-8-15(9-7-12)21(19,20)17-16(18)11-14-5-3-4-13(2)10-14/h3-10H,11H2,1-2H3,(H,17,18). The maximum absolute atomic E-state index is 12.1. The molecule has 5 heteroatoms. The van der Waals surface area contributed by atoms with Gasteiger partial charge in [-0.05, 0) is 31.5 Å². The first-order valence-corrected chi connectivity index (χ1v) is 8.03. The van der Waals surface area contributed by atoms with Gasteiger partial charge in [-0.3, -0.25) is 4.79 Å². The zero-order valence-corrected chi connectivity index (χ0v) is 12.8. The third kappa shape index (κ3) is 4.16. The van der Waals surface area contributed by atoms with Crippen molar-refractivity contribution in [3.8, 4) is 0 Å². The zero-order chi connectivity index (χ0) is 15.5. The van der Waals surface area contributed by atoms with Crippen molar-refractivity contribution in [1.29, 1.82) is 0 Å². The lowest BCUT2D eigenvalue weighted by Gasteiger charge is -2.07. The second-order valence-electron chi connectivity index (χ2n) is 5.01. The predicted octanol–water partition coefficient (Wildman–Crippen LogP) is 2.35. The second kappa shape index (κ2) is 6.10. The van der Waals surface area contributed by atoms with Gasteiger partial charge in [0.25, 0.3) is 10.0 Å². The maximum atomic E-state index is 12.1. The molecule has 0 aliphatic carbocycles. The Hall–Kier alpha value is -2.14. The van der Waals surface area contributed by atoms with Crippen LogP contribution in [0.2, 0.25) is 0 Å². The van der Waals surface area contributed by atoms with Crippen molar-refractivity contribution in [2.75, 3.05) is 0 Å². The number of sulfonamides is 1. The molecular weight excluding hydrogens is 286 g/mol. The lowest BCUT2D eigenvalue weighted by atomic mass is 10.1. The van der Waals surface area contributed by atoms with Gasteiger partial charge in [-0.25, -0.2) is 13.1 Å². The largest absolute Gasteiger partial charge is 0.274 e. The van der Waals surface area contributed by atoms with Crippen molar-refractivity contribution in [3.63, 3.8) is 0 Å². The molecule has 0 saturated carbocycles. The summed E-state index contributed by atoms with van der Waals surface area (Å²) in [5, 5.41) is 0. The number of amides is 1. The highest BCUT2D eigenvalue weighted by atomic mass is 32.2. The van der Waals surface area contributed by atoms with Crippen LogP contribution in [-0.2, 0) is 21.2 Å². The van der Waals surface area contributed by atoms with Crippen LogP contribution in [0.25, 0.3) is 0 Å². The highest BCUT2D eigenvalue weighted by Crippen LogP contribution is 2.10. The molecule has 0 aliphatic heterocycles. The van der Waals surface area contributed by atoms with Crippen LogP contribution in [-0.4, -0.2) is 14.3 Å². The fourth-order valence-electron chi connectivity index (χ4n) is 1.97. The summed E-state index contributed by atoms with van der Waals surface area (Å²) in [6.07, 6.45) is 0.0345. The average molecular weight is 303 g/mol. The quantitative estimate of drug-likeness (QED) is 0.943. The van der Waals surface area contributed by atoms with Crippen LogP contribution in [0.1, 0.15) is 16.7 Å². The summed E-state index contributed by atoms with van der Waals surface area (Å²) >= 11 is 0. The molecule has 1 N–H and O–H groups in total. The Morgan fingerprint density at radius 2 is 1.67 bits per heavy atom. The van der Waals surface area contributed by atoms with Gasteiger partial charge in [0.05, 0.1) is 11.3 Å². The zero-order valence-electron chi connectivity index (χ0n) is 12.0. The van der Waals surface area contributed by atoms with Gasteiger partial charge in [0, 0.05) is 0 Å². The average Bonchev–Trinajstić information content (AvgIpc) is 2.38. The van der Waals surface area contributed by atoms with Crippen molar-refractivity contribution in [3.05, 3.63) is 65.2 Å². The van der Waals surface area contributed by atoms with E-state index in [0.717, 1.165) is 16.7 Å². The van der Waals surface area contributed by atoms with Gasteiger partial charge in [0.15, 0.2) is 0 Å². The molecule has 0 radical (unpaired) electrons. The Kier molecular flexibility index (Phi) is 4.43. The molecule has 0 heterocycles. The molecule has 0 aliphatic rings. The maximum Gasteiger partial charge on any atom is 0.264 e. The Morgan fingerprint density at radius 1 is 1.00 bits per heavy atom. The SMILES string of the molecule is Cc1ccc(S(=O)(=O)NC(=O)Cc2cccc(C)c2)cc1. The van der Waals surface area contributed by atoms with Gasteiger partial charge in [-0.2, -0.15) is 0 Å². The number of carbonyl (C=O) groups is 1. The molecular formula is C16H17NO3S. The molecule has 21 heavy (non-hydrogen) atoms. The van der Waals surface area contributed by atoms with Crippen molar-refractivity contribution in [1.82, 2.24) is 4.72 Å². The first-order valence-electron chi connectivity index (χ1n) is 6.55. The Labute approximate surface area is 124 Å². The molecule has 2 aromatic rings. The Balaban J connectivity index is 2.09. The number of rotatable bonds is 4. The lowest BCUT2D eigenvalue weighted by Crippen LogP contribution is -2.31. The van der Waals surface area contributed by atoms with Crippen LogP contribution in [0.3, 0.4) is 0 Å². The van der Waals surface area contributed by atoms with Crippen molar-refractivity contribution in [2.45, 2.75) is 25.2 Å². The van der Waals surface area contributed by atoms with E-state index in [0.29, 0.717) is 0 Å². The lowest BCUT2D eigenvalue weighted by molar-refractivity contribution is -0.118. The number of hydrogen-bond acceptors (Lipinski definition) is 3. The van der Waals surface area contributed by atoms with Gasteiger partial charge in [-0.15, -0.1) is 0 Å². The number of hydrogen-bond donors (Lipinski definition) is 1. The van der Waals surface area contributed by atoms with Crippen LogP contribution in [0.15, 0.2) is 53.4 Å². The van der Waals surface area contributed by atoms with Crippen LogP contribution in [0.5, 0.6) is 0 Å². The van der Waals surface area contributed by atoms with E-state index in [1.54, 1.807) is 18.2 Å². The fraction of sp³-hybridized carbons (Fsp3) is 0.188. The Morgan fingerprint density at radius 3 is 2.29 bits per heavy atom. The second-order valence-corrected chi connectivity index (χ2v) is 6.69. The van der Waals surface area contributed by atoms with Gasteiger partial charge in [0.1, 0.15) is 0 Å². The normalized spacial score (nSPS) is 11.1. The summed E-state index contributed by atoms with van der Waals surface area (Å²) in [7, 11) is -3.81. The molecule has 0 unspecified atom stereocenters. The van der Waals surface area contributed by atoms with Gasteiger partial charge < -0.3 is 0 Å². The third-order valence-corrected chi connectivity index (χ3v) is 4.42.